The molecule has 0 amide bonds. The Hall–Kier alpha value is -1.19. The third-order valence-corrected chi connectivity index (χ3v) is 3.76. The van der Waals surface area contributed by atoms with Crippen molar-refractivity contribution in [3.05, 3.63) is 52.5 Å². The fourth-order valence-corrected chi connectivity index (χ4v) is 2.55. The summed E-state index contributed by atoms with van der Waals surface area (Å²) in [7, 11) is 4.01. The fraction of sp³-hybridized carbons (Fsp3) is 0.200. The first kappa shape index (κ1) is 14.2. The minimum absolute atomic E-state index is 0.483. The van der Waals surface area contributed by atoms with E-state index in [0.717, 1.165) is 27.2 Å². The molecule has 0 radical (unpaired) electrons. The maximum absolute atomic E-state index is 5.85. The molecule has 0 aromatic heterocycles. The minimum Gasteiger partial charge on any atom is -0.457 e. The van der Waals surface area contributed by atoms with Crippen LogP contribution in [0.5, 0.6) is 11.5 Å². The minimum atomic E-state index is 0.483. The summed E-state index contributed by atoms with van der Waals surface area (Å²) in [6.45, 7) is 0. The summed E-state index contributed by atoms with van der Waals surface area (Å²) in [5.41, 5.74) is 2.16. The maximum atomic E-state index is 5.85. The van der Waals surface area contributed by atoms with Crippen molar-refractivity contribution in [3.63, 3.8) is 0 Å². The van der Waals surface area contributed by atoms with E-state index in [1.165, 1.54) is 0 Å². The second-order valence-corrected chi connectivity index (χ2v) is 5.50. The van der Waals surface area contributed by atoms with Crippen molar-refractivity contribution in [2.24, 2.45) is 0 Å². The van der Waals surface area contributed by atoms with Crippen LogP contribution >= 0.6 is 27.5 Å². The van der Waals surface area contributed by atoms with E-state index < -0.39 is 0 Å². The van der Waals surface area contributed by atoms with Crippen LogP contribution in [0.25, 0.3) is 0 Å². The molecule has 0 aliphatic carbocycles. The molecule has 0 spiro atoms. The average molecular weight is 341 g/mol. The summed E-state index contributed by atoms with van der Waals surface area (Å²) in [5.74, 6) is 2.09. The van der Waals surface area contributed by atoms with Crippen LogP contribution in [0.15, 0.2) is 46.9 Å². The summed E-state index contributed by atoms with van der Waals surface area (Å²) < 4.78 is 6.81. The van der Waals surface area contributed by atoms with Gasteiger partial charge in [-0.2, -0.15) is 0 Å². The zero-order valence-corrected chi connectivity index (χ0v) is 13.2. The van der Waals surface area contributed by atoms with E-state index in [1.807, 2.05) is 61.5 Å². The molecule has 0 bridgehead atoms. The molecule has 100 valence electrons. The Balaban J connectivity index is 2.21. The number of halogens is 2. The van der Waals surface area contributed by atoms with Crippen LogP contribution in [0.1, 0.15) is 5.56 Å². The zero-order valence-electron chi connectivity index (χ0n) is 10.9. The highest BCUT2D eigenvalue weighted by Gasteiger charge is 2.04. The molecule has 0 heterocycles. The van der Waals surface area contributed by atoms with Gasteiger partial charge in [-0.15, -0.1) is 11.6 Å². The Kier molecular flexibility index (Phi) is 4.72. The molecule has 0 aliphatic rings. The average Bonchev–Trinajstić information content (AvgIpc) is 2.39. The second kappa shape index (κ2) is 6.31. The molecule has 2 rings (SSSR count). The molecule has 0 unspecified atom stereocenters. The lowest BCUT2D eigenvalue weighted by Crippen LogP contribution is -2.08. The molecule has 0 saturated heterocycles. The lowest BCUT2D eigenvalue weighted by atomic mass is 10.2. The van der Waals surface area contributed by atoms with Crippen molar-refractivity contribution in [2.45, 2.75) is 5.88 Å². The molecule has 0 atom stereocenters. The first-order valence-electron chi connectivity index (χ1n) is 5.90. The first-order valence-corrected chi connectivity index (χ1v) is 7.22. The van der Waals surface area contributed by atoms with Gasteiger partial charge in [0.15, 0.2) is 0 Å². The first-order chi connectivity index (χ1) is 9.10. The van der Waals surface area contributed by atoms with Crippen LogP contribution in [-0.2, 0) is 5.88 Å². The predicted molar refractivity (Wildman–Crippen MR) is 84.5 cm³/mol. The molecule has 0 saturated carbocycles. The summed E-state index contributed by atoms with van der Waals surface area (Å²) in [6.07, 6.45) is 0. The summed E-state index contributed by atoms with van der Waals surface area (Å²) in [6, 6.07) is 13.8. The van der Waals surface area contributed by atoms with Gasteiger partial charge in [0.1, 0.15) is 11.5 Å². The highest BCUT2D eigenvalue weighted by molar-refractivity contribution is 9.10. The standard InChI is InChI=1S/C15H15BrClNO/c1-18(2)12-4-3-5-13(8-12)19-14-7-6-11(10-17)15(16)9-14/h3-9H,10H2,1-2H3. The number of benzene rings is 2. The lowest BCUT2D eigenvalue weighted by molar-refractivity contribution is 0.482. The van der Waals surface area contributed by atoms with Gasteiger partial charge in [-0.05, 0) is 29.8 Å². The van der Waals surface area contributed by atoms with Crippen LogP contribution in [-0.4, -0.2) is 14.1 Å². The van der Waals surface area contributed by atoms with Crippen LogP contribution in [0.4, 0.5) is 5.69 Å². The van der Waals surface area contributed by atoms with E-state index in [4.69, 9.17) is 16.3 Å². The normalized spacial score (nSPS) is 10.3. The molecule has 2 aromatic rings. The number of nitrogens with zero attached hydrogens (tertiary/aromatic N) is 1. The van der Waals surface area contributed by atoms with Crippen molar-refractivity contribution in [1.29, 1.82) is 0 Å². The fourth-order valence-electron chi connectivity index (χ4n) is 1.66. The van der Waals surface area contributed by atoms with Crippen LogP contribution in [0, 0.1) is 0 Å². The van der Waals surface area contributed by atoms with E-state index in [2.05, 4.69) is 15.9 Å². The van der Waals surface area contributed by atoms with Gasteiger partial charge in [0.25, 0.3) is 0 Å². The highest BCUT2D eigenvalue weighted by Crippen LogP contribution is 2.29. The van der Waals surface area contributed by atoms with Gasteiger partial charge >= 0.3 is 0 Å². The van der Waals surface area contributed by atoms with Gasteiger partial charge in [0.05, 0.1) is 0 Å². The highest BCUT2D eigenvalue weighted by atomic mass is 79.9. The Bertz CT molecular complexity index is 572. The summed E-state index contributed by atoms with van der Waals surface area (Å²) in [5, 5.41) is 0. The van der Waals surface area contributed by atoms with E-state index >= 15 is 0 Å². The van der Waals surface area contributed by atoms with Gasteiger partial charge in [0, 0.05) is 36.2 Å². The van der Waals surface area contributed by atoms with Crippen LogP contribution < -0.4 is 9.64 Å². The van der Waals surface area contributed by atoms with E-state index in [1.54, 1.807) is 0 Å². The second-order valence-electron chi connectivity index (χ2n) is 4.38. The van der Waals surface area contributed by atoms with Crippen molar-refractivity contribution in [1.82, 2.24) is 0 Å². The third kappa shape index (κ3) is 3.64. The van der Waals surface area contributed by atoms with Gasteiger partial charge in [-0.1, -0.05) is 28.1 Å². The largest absolute Gasteiger partial charge is 0.457 e. The number of alkyl halides is 1. The Morgan fingerprint density at radius 1 is 1.11 bits per heavy atom. The number of rotatable bonds is 4. The number of anilines is 1. The molecule has 2 nitrogen and oxygen atoms in total. The molecular formula is C15H15BrClNO. The number of hydrogen-bond donors (Lipinski definition) is 0. The number of hydrogen-bond acceptors (Lipinski definition) is 2. The third-order valence-electron chi connectivity index (χ3n) is 2.74. The zero-order chi connectivity index (χ0) is 13.8. The topological polar surface area (TPSA) is 12.5 Å². The van der Waals surface area contributed by atoms with Crippen molar-refractivity contribution >= 4 is 33.2 Å². The SMILES string of the molecule is CN(C)c1cccc(Oc2ccc(CCl)c(Br)c2)c1. The summed E-state index contributed by atoms with van der Waals surface area (Å²) >= 11 is 9.31. The Labute approximate surface area is 127 Å². The van der Waals surface area contributed by atoms with E-state index in [9.17, 15) is 0 Å². The van der Waals surface area contributed by atoms with Crippen LogP contribution in [0.2, 0.25) is 0 Å². The lowest BCUT2D eigenvalue weighted by Gasteiger charge is -2.14. The van der Waals surface area contributed by atoms with Gasteiger partial charge in [-0.25, -0.2) is 0 Å². The Morgan fingerprint density at radius 2 is 1.84 bits per heavy atom. The predicted octanol–water partition coefficient (Wildman–Crippen LogP) is 5.05. The molecule has 4 heteroatoms. The molecule has 0 aliphatic heterocycles. The summed E-state index contributed by atoms with van der Waals surface area (Å²) in [4.78, 5) is 2.04. The smallest absolute Gasteiger partial charge is 0.129 e. The maximum Gasteiger partial charge on any atom is 0.129 e. The van der Waals surface area contributed by atoms with Gasteiger partial charge in [0.2, 0.25) is 0 Å². The Morgan fingerprint density at radius 3 is 2.47 bits per heavy atom. The van der Waals surface area contributed by atoms with Crippen LogP contribution in [0.3, 0.4) is 0 Å². The quantitative estimate of drug-likeness (QED) is 0.722. The molecule has 0 N–H and O–H groups in total. The monoisotopic (exact) mass is 339 g/mol. The molecule has 2 aromatic carbocycles. The van der Waals surface area contributed by atoms with Gasteiger partial charge in [-0.3, -0.25) is 0 Å². The van der Waals surface area contributed by atoms with Crippen molar-refractivity contribution in [3.8, 4) is 11.5 Å². The van der Waals surface area contributed by atoms with E-state index in [0.29, 0.717) is 5.88 Å². The van der Waals surface area contributed by atoms with Crippen molar-refractivity contribution in [2.75, 3.05) is 19.0 Å². The number of ether oxygens (including phenoxy) is 1. The molecule has 0 fully saturated rings. The van der Waals surface area contributed by atoms with E-state index in [-0.39, 0.29) is 0 Å². The molecule has 19 heavy (non-hydrogen) atoms. The molecular weight excluding hydrogens is 326 g/mol. The van der Waals surface area contributed by atoms with Crippen molar-refractivity contribution < 1.29 is 4.74 Å². The van der Waals surface area contributed by atoms with Gasteiger partial charge < -0.3 is 9.64 Å².